The van der Waals surface area contributed by atoms with Crippen LogP contribution < -0.4 is 0 Å². The van der Waals surface area contributed by atoms with Crippen LogP contribution in [0.1, 0.15) is 19.0 Å². The van der Waals surface area contributed by atoms with Crippen molar-refractivity contribution in [2.45, 2.75) is 19.8 Å². The molecule has 3 nitrogen and oxygen atoms in total. The molecule has 0 saturated heterocycles. The normalized spacial score (nSPS) is 11.0. The molecule has 2 aromatic rings. The van der Waals surface area contributed by atoms with E-state index < -0.39 is 0 Å². The fourth-order valence-electron chi connectivity index (χ4n) is 1.06. The Hall–Kier alpha value is -0.900. The van der Waals surface area contributed by atoms with Crippen LogP contribution in [0.5, 0.6) is 0 Å². The molecular formula is C7H9N3S. The fraction of sp³-hybridized carbons (Fsp3) is 0.429. The monoisotopic (exact) mass is 167 g/mol. The zero-order chi connectivity index (χ0) is 7.68. The third kappa shape index (κ3) is 1.14. The van der Waals surface area contributed by atoms with Gasteiger partial charge < -0.3 is 0 Å². The van der Waals surface area contributed by atoms with Crippen molar-refractivity contribution in [3.8, 4) is 0 Å². The second-order valence-corrected chi connectivity index (χ2v) is 3.26. The van der Waals surface area contributed by atoms with E-state index in [9.17, 15) is 0 Å². The summed E-state index contributed by atoms with van der Waals surface area (Å²) >= 11 is 1.57. The van der Waals surface area contributed by atoms with Gasteiger partial charge in [0.15, 0.2) is 0 Å². The van der Waals surface area contributed by atoms with Crippen LogP contribution in [0.25, 0.3) is 4.96 Å². The predicted molar refractivity (Wildman–Crippen MR) is 44.9 cm³/mol. The minimum absolute atomic E-state index is 0.994. The lowest BCUT2D eigenvalue weighted by molar-refractivity contribution is 0.887. The van der Waals surface area contributed by atoms with Gasteiger partial charge in [0.1, 0.15) is 5.51 Å². The van der Waals surface area contributed by atoms with E-state index in [0.717, 1.165) is 23.5 Å². The summed E-state index contributed by atoms with van der Waals surface area (Å²) in [6, 6.07) is 0. The molecule has 2 rings (SSSR count). The van der Waals surface area contributed by atoms with Gasteiger partial charge in [0.05, 0.1) is 11.9 Å². The van der Waals surface area contributed by atoms with Gasteiger partial charge in [0.25, 0.3) is 0 Å². The maximum Gasteiger partial charge on any atom is 0.212 e. The van der Waals surface area contributed by atoms with Crippen LogP contribution >= 0.6 is 11.3 Å². The molecule has 0 bridgehead atoms. The third-order valence-electron chi connectivity index (χ3n) is 1.54. The Labute approximate surface area is 68.7 Å². The molecule has 0 aliphatic heterocycles. The number of aryl methyl sites for hydroxylation is 1. The summed E-state index contributed by atoms with van der Waals surface area (Å²) in [5.74, 6) is 0. The highest BCUT2D eigenvalue weighted by atomic mass is 32.1. The van der Waals surface area contributed by atoms with Gasteiger partial charge in [0.2, 0.25) is 4.96 Å². The number of hydrogen-bond donors (Lipinski definition) is 0. The maximum absolute atomic E-state index is 4.38. The Morgan fingerprint density at radius 2 is 2.55 bits per heavy atom. The van der Waals surface area contributed by atoms with E-state index in [1.54, 1.807) is 16.8 Å². The summed E-state index contributed by atoms with van der Waals surface area (Å²) in [6.45, 7) is 2.15. The van der Waals surface area contributed by atoms with Crippen molar-refractivity contribution in [1.29, 1.82) is 0 Å². The van der Waals surface area contributed by atoms with E-state index in [4.69, 9.17) is 0 Å². The predicted octanol–water partition coefficient (Wildman–Crippen LogP) is 1.74. The summed E-state index contributed by atoms with van der Waals surface area (Å²) in [6.07, 6.45) is 4.19. The molecule has 0 N–H and O–H groups in total. The summed E-state index contributed by atoms with van der Waals surface area (Å²) in [5, 5.41) is 4.09. The molecule has 0 amide bonds. The summed E-state index contributed by atoms with van der Waals surface area (Å²) in [4.78, 5) is 5.38. The average Bonchev–Trinajstić information content (AvgIpc) is 2.46. The molecular weight excluding hydrogens is 158 g/mol. The average molecular weight is 167 g/mol. The largest absolute Gasteiger partial charge is 0.223 e. The maximum atomic E-state index is 4.38. The van der Waals surface area contributed by atoms with E-state index in [1.165, 1.54) is 0 Å². The molecule has 0 fully saturated rings. The SMILES string of the molecule is CCCc1cn2ncsc2n1. The van der Waals surface area contributed by atoms with Crippen LogP contribution in [0, 0.1) is 0 Å². The Balaban J connectivity index is 2.42. The van der Waals surface area contributed by atoms with Crippen molar-refractivity contribution >= 4 is 16.3 Å². The van der Waals surface area contributed by atoms with Crippen LogP contribution in [-0.2, 0) is 6.42 Å². The van der Waals surface area contributed by atoms with Gasteiger partial charge in [-0.15, -0.1) is 0 Å². The van der Waals surface area contributed by atoms with Crippen LogP contribution in [0.15, 0.2) is 11.7 Å². The molecule has 11 heavy (non-hydrogen) atoms. The lowest BCUT2D eigenvalue weighted by Gasteiger charge is -1.85. The first kappa shape index (κ1) is 6.79. The highest BCUT2D eigenvalue weighted by Gasteiger charge is 2.00. The second-order valence-electron chi connectivity index (χ2n) is 2.45. The quantitative estimate of drug-likeness (QED) is 0.682. The molecule has 58 valence electrons. The van der Waals surface area contributed by atoms with Gasteiger partial charge in [-0.3, -0.25) is 0 Å². The van der Waals surface area contributed by atoms with Crippen molar-refractivity contribution in [1.82, 2.24) is 14.6 Å². The van der Waals surface area contributed by atoms with Crippen LogP contribution in [-0.4, -0.2) is 14.6 Å². The topological polar surface area (TPSA) is 30.2 Å². The van der Waals surface area contributed by atoms with Crippen molar-refractivity contribution in [2.75, 3.05) is 0 Å². The second kappa shape index (κ2) is 2.62. The van der Waals surface area contributed by atoms with Gasteiger partial charge in [-0.2, -0.15) is 5.10 Å². The van der Waals surface area contributed by atoms with E-state index in [0.29, 0.717) is 0 Å². The summed E-state index contributed by atoms with van der Waals surface area (Å²) in [7, 11) is 0. The third-order valence-corrected chi connectivity index (χ3v) is 2.23. The molecule has 2 aromatic heterocycles. The van der Waals surface area contributed by atoms with Crippen LogP contribution in [0.4, 0.5) is 0 Å². The van der Waals surface area contributed by atoms with Gasteiger partial charge in [-0.05, 0) is 6.42 Å². The van der Waals surface area contributed by atoms with E-state index in [1.807, 2.05) is 10.7 Å². The van der Waals surface area contributed by atoms with Crippen molar-refractivity contribution < 1.29 is 0 Å². The lowest BCUT2D eigenvalue weighted by atomic mass is 10.3. The van der Waals surface area contributed by atoms with Crippen molar-refractivity contribution in [3.63, 3.8) is 0 Å². The zero-order valence-corrected chi connectivity index (χ0v) is 7.14. The number of fused-ring (bicyclic) bond motifs is 1. The minimum Gasteiger partial charge on any atom is -0.223 e. The number of nitrogens with zero attached hydrogens (tertiary/aromatic N) is 3. The number of imidazole rings is 1. The van der Waals surface area contributed by atoms with Crippen LogP contribution in [0.3, 0.4) is 0 Å². The number of rotatable bonds is 2. The first-order chi connectivity index (χ1) is 5.40. The van der Waals surface area contributed by atoms with E-state index in [-0.39, 0.29) is 0 Å². The van der Waals surface area contributed by atoms with E-state index in [2.05, 4.69) is 17.0 Å². The number of aromatic nitrogens is 3. The van der Waals surface area contributed by atoms with Gasteiger partial charge in [0, 0.05) is 0 Å². The number of hydrogen-bond acceptors (Lipinski definition) is 3. The highest BCUT2D eigenvalue weighted by Crippen LogP contribution is 2.09. The Morgan fingerprint density at radius 1 is 1.64 bits per heavy atom. The summed E-state index contributed by atoms with van der Waals surface area (Å²) < 4.78 is 1.83. The minimum atomic E-state index is 0.994. The van der Waals surface area contributed by atoms with Crippen molar-refractivity contribution in [2.24, 2.45) is 0 Å². The van der Waals surface area contributed by atoms with Gasteiger partial charge in [-0.1, -0.05) is 24.7 Å². The molecule has 4 heteroatoms. The first-order valence-corrected chi connectivity index (χ1v) is 4.56. The molecule has 0 unspecified atom stereocenters. The van der Waals surface area contributed by atoms with Crippen molar-refractivity contribution in [3.05, 3.63) is 17.4 Å². The highest BCUT2D eigenvalue weighted by molar-refractivity contribution is 7.14. The molecule has 2 heterocycles. The van der Waals surface area contributed by atoms with Gasteiger partial charge in [-0.25, -0.2) is 9.50 Å². The molecule has 0 aliphatic rings. The lowest BCUT2D eigenvalue weighted by Crippen LogP contribution is -1.81. The molecule has 0 spiro atoms. The Morgan fingerprint density at radius 3 is 3.27 bits per heavy atom. The molecule has 0 aliphatic carbocycles. The molecule has 0 radical (unpaired) electrons. The zero-order valence-electron chi connectivity index (χ0n) is 6.32. The van der Waals surface area contributed by atoms with Crippen LogP contribution in [0.2, 0.25) is 0 Å². The molecule has 0 saturated carbocycles. The van der Waals surface area contributed by atoms with Gasteiger partial charge >= 0.3 is 0 Å². The summed E-state index contributed by atoms with van der Waals surface area (Å²) in [5.41, 5.74) is 2.95. The fourth-order valence-corrected chi connectivity index (χ4v) is 1.68. The first-order valence-electron chi connectivity index (χ1n) is 3.68. The smallest absolute Gasteiger partial charge is 0.212 e. The molecule has 0 atom stereocenters. The molecule has 0 aromatic carbocycles. The van der Waals surface area contributed by atoms with E-state index >= 15 is 0 Å². The standard InChI is InChI=1S/C7H9N3S/c1-2-3-6-4-10-7(9-6)11-5-8-10/h4-5H,2-3H2,1H3. The Kier molecular flexibility index (Phi) is 1.62. The Bertz CT molecular complexity index is 321.